The lowest BCUT2D eigenvalue weighted by molar-refractivity contribution is 0.103. The number of nitrogens with zero attached hydrogens (tertiary/aromatic N) is 2. The molecule has 0 aliphatic heterocycles. The molecule has 19 heavy (non-hydrogen) atoms. The molecule has 0 radical (unpaired) electrons. The van der Waals surface area contributed by atoms with Crippen LogP contribution in [0.1, 0.15) is 52.8 Å². The maximum atomic E-state index is 12.7. The Morgan fingerprint density at radius 1 is 1.21 bits per heavy atom. The summed E-state index contributed by atoms with van der Waals surface area (Å²) in [6.07, 6.45) is 0. The number of benzene rings is 1. The van der Waals surface area contributed by atoms with Crippen LogP contribution in [0.3, 0.4) is 0 Å². The maximum absolute atomic E-state index is 12.7. The number of hydrogen-bond acceptors (Lipinski definition) is 4. The number of carbonyl (C=O) groups excluding carboxylic acids is 1. The molecule has 0 saturated heterocycles. The molecule has 1 heterocycles. The Bertz CT molecular complexity index is 623. The van der Waals surface area contributed by atoms with Gasteiger partial charge in [0.2, 0.25) is 5.78 Å². The Morgan fingerprint density at radius 2 is 1.89 bits per heavy atom. The molecule has 0 fully saturated rings. The van der Waals surface area contributed by atoms with Crippen molar-refractivity contribution in [2.24, 2.45) is 0 Å². The number of carbonyl (C=O) groups is 1. The van der Waals surface area contributed by atoms with Crippen LogP contribution in [0.2, 0.25) is 0 Å². The van der Waals surface area contributed by atoms with Crippen molar-refractivity contribution in [1.29, 1.82) is 0 Å². The number of ketones is 1. The predicted molar refractivity (Wildman–Crippen MR) is 78.0 cm³/mol. The van der Waals surface area contributed by atoms with Gasteiger partial charge in [-0.25, -0.2) is 0 Å². The van der Waals surface area contributed by atoms with Gasteiger partial charge in [-0.2, -0.15) is 0 Å². The first kappa shape index (κ1) is 13.9. The maximum Gasteiger partial charge on any atom is 0.206 e. The van der Waals surface area contributed by atoms with Gasteiger partial charge in [0.25, 0.3) is 0 Å². The molecule has 0 amide bonds. The molecule has 3 nitrogen and oxygen atoms in total. The molecule has 1 aromatic carbocycles. The molecule has 0 aliphatic carbocycles. The molecule has 0 bridgehead atoms. The molecule has 0 N–H and O–H groups in total. The van der Waals surface area contributed by atoms with Gasteiger partial charge in [-0.15, -0.1) is 5.10 Å². The predicted octanol–water partition coefficient (Wildman–Crippen LogP) is 3.68. The van der Waals surface area contributed by atoms with Gasteiger partial charge in [0.05, 0.1) is 5.69 Å². The van der Waals surface area contributed by atoms with Crippen molar-refractivity contribution < 1.29 is 4.79 Å². The second-order valence-corrected chi connectivity index (χ2v) is 6.60. The number of hydrogen-bond donors (Lipinski definition) is 0. The Kier molecular flexibility index (Phi) is 3.54. The van der Waals surface area contributed by atoms with E-state index >= 15 is 0 Å². The van der Waals surface area contributed by atoms with Crippen molar-refractivity contribution in [2.45, 2.75) is 40.0 Å². The summed E-state index contributed by atoms with van der Waals surface area (Å²) in [6.45, 7) is 10.1. The summed E-state index contributed by atoms with van der Waals surface area (Å²) in [6, 6.07) is 5.93. The van der Waals surface area contributed by atoms with Gasteiger partial charge in [0, 0.05) is 11.0 Å². The van der Waals surface area contributed by atoms with E-state index in [1.54, 1.807) is 0 Å². The van der Waals surface area contributed by atoms with Gasteiger partial charge in [-0.05, 0) is 37.0 Å². The third-order valence-electron chi connectivity index (χ3n) is 3.04. The molecular formula is C15H18N2OS. The lowest BCUT2D eigenvalue weighted by atomic mass is 9.89. The van der Waals surface area contributed by atoms with E-state index in [1.807, 2.05) is 52.8 Å². The third kappa shape index (κ3) is 2.73. The van der Waals surface area contributed by atoms with Gasteiger partial charge in [0.15, 0.2) is 0 Å². The summed E-state index contributed by atoms with van der Waals surface area (Å²) in [5.41, 5.74) is 3.43. The van der Waals surface area contributed by atoms with E-state index in [1.165, 1.54) is 11.5 Å². The Balaban J connectivity index is 2.51. The van der Waals surface area contributed by atoms with Crippen molar-refractivity contribution in [2.75, 3.05) is 0 Å². The van der Waals surface area contributed by atoms with Gasteiger partial charge in [-0.1, -0.05) is 43.0 Å². The van der Waals surface area contributed by atoms with Gasteiger partial charge < -0.3 is 0 Å². The second kappa shape index (κ2) is 4.85. The average molecular weight is 274 g/mol. The van der Waals surface area contributed by atoms with E-state index in [4.69, 9.17) is 0 Å². The van der Waals surface area contributed by atoms with E-state index in [2.05, 4.69) is 9.59 Å². The molecule has 4 heteroatoms. The summed E-state index contributed by atoms with van der Waals surface area (Å²) in [7, 11) is 0. The van der Waals surface area contributed by atoms with E-state index < -0.39 is 0 Å². The molecule has 2 rings (SSSR count). The first-order valence-corrected chi connectivity index (χ1v) is 7.03. The first-order chi connectivity index (χ1) is 8.80. The zero-order valence-electron chi connectivity index (χ0n) is 11.9. The van der Waals surface area contributed by atoms with Crippen LogP contribution in [-0.2, 0) is 5.41 Å². The fraction of sp³-hybridized carbons (Fsp3) is 0.400. The summed E-state index contributed by atoms with van der Waals surface area (Å²) >= 11 is 1.18. The Morgan fingerprint density at radius 3 is 2.53 bits per heavy atom. The van der Waals surface area contributed by atoms with Crippen LogP contribution in [0.5, 0.6) is 0 Å². The fourth-order valence-electron chi connectivity index (χ4n) is 1.93. The van der Waals surface area contributed by atoms with Crippen LogP contribution in [0.15, 0.2) is 18.2 Å². The molecule has 0 unspecified atom stereocenters. The highest BCUT2D eigenvalue weighted by Crippen LogP contribution is 2.28. The molecule has 2 aromatic rings. The van der Waals surface area contributed by atoms with E-state index in [-0.39, 0.29) is 11.2 Å². The van der Waals surface area contributed by atoms with Gasteiger partial charge in [0.1, 0.15) is 4.88 Å². The third-order valence-corrected chi connectivity index (χ3v) is 3.77. The highest BCUT2D eigenvalue weighted by molar-refractivity contribution is 7.08. The minimum absolute atomic E-state index is 0.0288. The van der Waals surface area contributed by atoms with Crippen molar-refractivity contribution in [3.8, 4) is 0 Å². The lowest BCUT2D eigenvalue weighted by Gasteiger charge is -2.16. The highest BCUT2D eigenvalue weighted by Gasteiger charge is 2.27. The number of rotatable bonds is 2. The number of aryl methyl sites for hydroxylation is 2. The smallest absolute Gasteiger partial charge is 0.206 e. The zero-order valence-corrected chi connectivity index (χ0v) is 12.8. The van der Waals surface area contributed by atoms with Gasteiger partial charge in [-0.3, -0.25) is 4.79 Å². The summed E-state index contributed by atoms with van der Waals surface area (Å²) in [5.74, 6) is 0.0288. The van der Waals surface area contributed by atoms with Crippen molar-refractivity contribution >= 4 is 17.3 Å². The molecule has 0 aliphatic rings. The van der Waals surface area contributed by atoms with Crippen molar-refractivity contribution in [1.82, 2.24) is 9.59 Å². The number of aromatic nitrogens is 2. The topological polar surface area (TPSA) is 42.9 Å². The Hall–Kier alpha value is -1.55. The van der Waals surface area contributed by atoms with E-state index in [9.17, 15) is 4.79 Å². The largest absolute Gasteiger partial charge is 0.288 e. The Labute approximate surface area is 117 Å². The highest BCUT2D eigenvalue weighted by atomic mass is 32.1. The normalized spacial score (nSPS) is 11.6. The standard InChI is InChI=1S/C15H18N2OS/c1-9-6-7-10(2)11(8-9)12(18)13-14(15(3,4)5)16-17-19-13/h6-8H,1-5H3. The quantitative estimate of drug-likeness (QED) is 0.784. The molecular weight excluding hydrogens is 256 g/mol. The SMILES string of the molecule is Cc1ccc(C)c(C(=O)c2snnc2C(C)(C)C)c1. The first-order valence-electron chi connectivity index (χ1n) is 6.25. The summed E-state index contributed by atoms with van der Waals surface area (Å²) in [5, 5.41) is 4.13. The van der Waals surface area contributed by atoms with Gasteiger partial charge >= 0.3 is 0 Å². The van der Waals surface area contributed by atoms with Crippen molar-refractivity contribution in [3.05, 3.63) is 45.5 Å². The van der Waals surface area contributed by atoms with Crippen LogP contribution < -0.4 is 0 Å². The average Bonchev–Trinajstić information content (AvgIpc) is 2.80. The molecule has 1 aromatic heterocycles. The lowest BCUT2D eigenvalue weighted by Crippen LogP contribution is -2.17. The zero-order chi connectivity index (χ0) is 14.2. The molecule has 0 atom stereocenters. The summed E-state index contributed by atoms with van der Waals surface area (Å²) < 4.78 is 3.96. The minimum atomic E-state index is -0.171. The molecule has 0 spiro atoms. The van der Waals surface area contributed by atoms with Crippen LogP contribution in [0.25, 0.3) is 0 Å². The minimum Gasteiger partial charge on any atom is -0.288 e. The van der Waals surface area contributed by atoms with Crippen LogP contribution in [0, 0.1) is 13.8 Å². The fourth-order valence-corrected chi connectivity index (χ4v) is 2.76. The molecule has 100 valence electrons. The second-order valence-electron chi connectivity index (χ2n) is 5.85. The summed E-state index contributed by atoms with van der Waals surface area (Å²) in [4.78, 5) is 13.3. The van der Waals surface area contributed by atoms with E-state index in [0.29, 0.717) is 4.88 Å². The monoisotopic (exact) mass is 274 g/mol. The molecule has 0 saturated carbocycles. The van der Waals surface area contributed by atoms with Crippen molar-refractivity contribution in [3.63, 3.8) is 0 Å². The van der Waals surface area contributed by atoms with Crippen LogP contribution in [0.4, 0.5) is 0 Å². The van der Waals surface area contributed by atoms with E-state index in [0.717, 1.165) is 22.4 Å². The van der Waals surface area contributed by atoms with Crippen LogP contribution >= 0.6 is 11.5 Å². The van der Waals surface area contributed by atoms with Crippen LogP contribution in [-0.4, -0.2) is 15.4 Å².